The van der Waals surface area contributed by atoms with Crippen LogP contribution in [-0.2, 0) is 16.1 Å². The van der Waals surface area contributed by atoms with E-state index in [-0.39, 0.29) is 30.8 Å². The molecule has 2 fully saturated rings. The Labute approximate surface area is 171 Å². The molecular weight excluding hydrogens is 370 g/mol. The summed E-state index contributed by atoms with van der Waals surface area (Å²) in [5.74, 6) is 0.455. The lowest BCUT2D eigenvalue weighted by Crippen LogP contribution is -2.48. The van der Waals surface area contributed by atoms with Gasteiger partial charge >= 0.3 is 6.03 Å². The maximum Gasteiger partial charge on any atom is 0.325 e. The lowest BCUT2D eigenvalue weighted by molar-refractivity contribution is -0.134. The van der Waals surface area contributed by atoms with Gasteiger partial charge in [0.2, 0.25) is 5.91 Å². The van der Waals surface area contributed by atoms with E-state index in [1.807, 2.05) is 24.3 Å². The molecule has 4 amide bonds. The first kappa shape index (κ1) is 20.9. The Bertz CT molecular complexity index is 769. The zero-order valence-electron chi connectivity index (χ0n) is 17.0. The Kier molecular flexibility index (Phi) is 6.56. The molecule has 0 atom stereocenters. The molecule has 1 spiro atoms. The molecule has 1 aromatic rings. The van der Waals surface area contributed by atoms with Gasteiger partial charge in [-0.2, -0.15) is 0 Å². The van der Waals surface area contributed by atoms with Crippen molar-refractivity contribution in [1.29, 1.82) is 0 Å². The molecule has 0 bridgehead atoms. The molecule has 1 N–H and O–H groups in total. The summed E-state index contributed by atoms with van der Waals surface area (Å²) in [6.07, 6.45) is 6.10. The predicted molar refractivity (Wildman–Crippen MR) is 109 cm³/mol. The molecule has 1 aliphatic heterocycles. The topological polar surface area (TPSA) is 79.0 Å². The Morgan fingerprint density at radius 2 is 1.93 bits per heavy atom. The molecule has 156 valence electrons. The molecule has 0 unspecified atom stereocenters. The van der Waals surface area contributed by atoms with E-state index in [4.69, 9.17) is 4.74 Å². The Hall–Kier alpha value is -2.83. The Balaban J connectivity index is 1.60. The van der Waals surface area contributed by atoms with Gasteiger partial charge in [-0.25, -0.2) is 4.79 Å². The number of nitrogens with zero attached hydrogens (tertiary/aromatic N) is 2. The second kappa shape index (κ2) is 9.11. The van der Waals surface area contributed by atoms with Gasteiger partial charge in [-0.05, 0) is 30.5 Å². The van der Waals surface area contributed by atoms with Crippen molar-refractivity contribution >= 4 is 17.8 Å². The number of rotatable bonds is 8. The molecule has 1 heterocycles. The van der Waals surface area contributed by atoms with E-state index >= 15 is 0 Å². The van der Waals surface area contributed by atoms with Crippen LogP contribution in [0.5, 0.6) is 5.75 Å². The molecule has 1 saturated carbocycles. The number of hydrogen-bond acceptors (Lipinski definition) is 4. The van der Waals surface area contributed by atoms with Crippen LogP contribution in [0.25, 0.3) is 0 Å². The quantitative estimate of drug-likeness (QED) is 0.539. The summed E-state index contributed by atoms with van der Waals surface area (Å²) in [7, 11) is 1.61. The fourth-order valence-electron chi connectivity index (χ4n) is 4.10. The molecule has 29 heavy (non-hydrogen) atoms. The largest absolute Gasteiger partial charge is 0.497 e. The Morgan fingerprint density at radius 3 is 2.55 bits per heavy atom. The monoisotopic (exact) mass is 399 g/mol. The number of methoxy groups -OCH3 is 1. The van der Waals surface area contributed by atoms with E-state index in [2.05, 4.69) is 11.9 Å². The number of ether oxygens (including phenoxy) is 1. The fraction of sp³-hybridized carbons (Fsp3) is 0.500. The first-order chi connectivity index (χ1) is 14.0. The lowest BCUT2D eigenvalue weighted by Gasteiger charge is -2.30. The van der Waals surface area contributed by atoms with Gasteiger partial charge < -0.3 is 15.0 Å². The van der Waals surface area contributed by atoms with Crippen molar-refractivity contribution in [3.05, 3.63) is 42.5 Å². The van der Waals surface area contributed by atoms with Gasteiger partial charge in [-0.1, -0.05) is 37.5 Å². The highest BCUT2D eigenvalue weighted by Gasteiger charge is 2.51. The van der Waals surface area contributed by atoms with Gasteiger partial charge in [-0.3, -0.25) is 14.5 Å². The first-order valence-electron chi connectivity index (χ1n) is 10.1. The Morgan fingerprint density at radius 1 is 1.24 bits per heavy atom. The maximum absolute atomic E-state index is 12.8. The van der Waals surface area contributed by atoms with Gasteiger partial charge in [0.1, 0.15) is 11.3 Å². The predicted octanol–water partition coefficient (Wildman–Crippen LogP) is 2.85. The minimum absolute atomic E-state index is 0.0965. The zero-order chi connectivity index (χ0) is 20.9. The van der Waals surface area contributed by atoms with Crippen LogP contribution in [0.15, 0.2) is 36.9 Å². The van der Waals surface area contributed by atoms with Crippen LogP contribution < -0.4 is 10.1 Å². The summed E-state index contributed by atoms with van der Waals surface area (Å²) < 4.78 is 5.16. The van der Waals surface area contributed by atoms with E-state index in [0.717, 1.165) is 30.6 Å². The minimum Gasteiger partial charge on any atom is -0.497 e. The lowest BCUT2D eigenvalue weighted by atomic mass is 9.82. The maximum atomic E-state index is 12.8. The van der Waals surface area contributed by atoms with Crippen molar-refractivity contribution in [1.82, 2.24) is 15.1 Å². The van der Waals surface area contributed by atoms with Crippen LogP contribution in [0.2, 0.25) is 0 Å². The molecule has 7 nitrogen and oxygen atoms in total. The van der Waals surface area contributed by atoms with Gasteiger partial charge in [-0.15, -0.1) is 6.58 Å². The van der Waals surface area contributed by atoms with Crippen molar-refractivity contribution in [2.24, 2.45) is 0 Å². The number of carbonyl (C=O) groups is 3. The average molecular weight is 399 g/mol. The summed E-state index contributed by atoms with van der Waals surface area (Å²) in [5.41, 5.74) is 0.222. The molecule has 0 aromatic heterocycles. The van der Waals surface area contributed by atoms with Crippen LogP contribution >= 0.6 is 0 Å². The zero-order valence-corrected chi connectivity index (χ0v) is 17.0. The third kappa shape index (κ3) is 4.60. The van der Waals surface area contributed by atoms with Gasteiger partial charge in [0, 0.05) is 26.1 Å². The number of hydrogen-bond donors (Lipinski definition) is 1. The second-order valence-electron chi connectivity index (χ2n) is 7.69. The van der Waals surface area contributed by atoms with Crippen molar-refractivity contribution in [3.8, 4) is 5.75 Å². The number of benzene rings is 1. The first-order valence-corrected chi connectivity index (χ1v) is 10.1. The van der Waals surface area contributed by atoms with Crippen LogP contribution in [0.3, 0.4) is 0 Å². The standard InChI is InChI=1S/C22H29N3O4/c1-3-14-24(16-17-7-9-18(29-2)10-8-17)19(26)11-15-25-20(27)22(23-21(25)28)12-5-4-6-13-22/h3,7-10H,1,4-6,11-16H2,2H3,(H,23,28). The highest BCUT2D eigenvalue weighted by atomic mass is 16.5. The van der Waals surface area contributed by atoms with Crippen molar-refractivity contribution < 1.29 is 19.1 Å². The number of carbonyl (C=O) groups excluding carboxylic acids is 3. The third-order valence-electron chi connectivity index (χ3n) is 5.74. The van der Waals surface area contributed by atoms with Gasteiger partial charge in [0.05, 0.1) is 7.11 Å². The molecule has 1 aromatic carbocycles. The molecule has 3 rings (SSSR count). The van der Waals surface area contributed by atoms with E-state index in [0.29, 0.717) is 25.9 Å². The molecule has 2 aliphatic rings. The highest BCUT2D eigenvalue weighted by Crippen LogP contribution is 2.33. The average Bonchev–Trinajstić information content (AvgIpc) is 2.96. The van der Waals surface area contributed by atoms with Crippen LogP contribution in [0, 0.1) is 0 Å². The van der Waals surface area contributed by atoms with Crippen molar-refractivity contribution in [2.75, 3.05) is 20.2 Å². The summed E-state index contributed by atoms with van der Waals surface area (Å²) in [5, 5.41) is 2.88. The number of urea groups is 1. The molecule has 7 heteroatoms. The summed E-state index contributed by atoms with van der Waals surface area (Å²) in [6.45, 7) is 4.65. The number of amides is 4. The third-order valence-corrected chi connectivity index (χ3v) is 5.74. The number of nitrogens with one attached hydrogen (secondary N) is 1. The van der Waals surface area contributed by atoms with E-state index < -0.39 is 5.54 Å². The molecular formula is C22H29N3O4. The van der Waals surface area contributed by atoms with Crippen LogP contribution in [0.4, 0.5) is 4.79 Å². The summed E-state index contributed by atoms with van der Waals surface area (Å²) in [6, 6.07) is 7.14. The van der Waals surface area contributed by atoms with Crippen molar-refractivity contribution in [3.63, 3.8) is 0 Å². The van der Waals surface area contributed by atoms with Crippen LogP contribution in [0.1, 0.15) is 44.1 Å². The van der Waals surface area contributed by atoms with Crippen molar-refractivity contribution in [2.45, 2.75) is 50.6 Å². The molecule has 1 aliphatic carbocycles. The van der Waals surface area contributed by atoms with E-state index in [1.165, 1.54) is 4.90 Å². The molecule has 1 saturated heterocycles. The SMILES string of the molecule is C=CCN(Cc1ccc(OC)cc1)C(=O)CCN1C(=O)NC2(CCCCC2)C1=O. The molecule has 0 radical (unpaired) electrons. The highest BCUT2D eigenvalue weighted by molar-refractivity contribution is 6.07. The second-order valence-corrected chi connectivity index (χ2v) is 7.69. The number of imide groups is 1. The van der Waals surface area contributed by atoms with E-state index in [1.54, 1.807) is 18.1 Å². The fourth-order valence-corrected chi connectivity index (χ4v) is 4.10. The van der Waals surface area contributed by atoms with E-state index in [9.17, 15) is 14.4 Å². The minimum atomic E-state index is -0.748. The summed E-state index contributed by atoms with van der Waals surface area (Å²) >= 11 is 0. The normalized spacial score (nSPS) is 17.9. The smallest absolute Gasteiger partial charge is 0.325 e. The van der Waals surface area contributed by atoms with Gasteiger partial charge in [0.25, 0.3) is 5.91 Å². The summed E-state index contributed by atoms with van der Waals surface area (Å²) in [4.78, 5) is 40.9. The van der Waals surface area contributed by atoms with Gasteiger partial charge in [0.15, 0.2) is 0 Å². The van der Waals surface area contributed by atoms with Crippen LogP contribution in [-0.4, -0.2) is 53.4 Å².